The molecule has 0 radical (unpaired) electrons. The van der Waals surface area contributed by atoms with Crippen molar-refractivity contribution >= 4 is 17.7 Å². The second kappa shape index (κ2) is 8.12. The first-order chi connectivity index (χ1) is 9.24. The van der Waals surface area contributed by atoms with E-state index in [0.717, 1.165) is 18.8 Å². The number of hydrogen-bond acceptors (Lipinski definition) is 4. The van der Waals surface area contributed by atoms with Crippen LogP contribution in [0.25, 0.3) is 0 Å². The van der Waals surface area contributed by atoms with Crippen LogP contribution in [0.3, 0.4) is 0 Å². The standard InChI is InChI=1S/C14H27N3OS/c1-12(10-17-6-3-2-4-7-17)16-14(18)9-13-11-19-8-5-15-13/h12-13,15H,2-11H2,1H3,(H,16,18). The van der Waals surface area contributed by atoms with Crippen molar-refractivity contribution in [1.82, 2.24) is 15.5 Å². The van der Waals surface area contributed by atoms with E-state index in [9.17, 15) is 4.79 Å². The van der Waals surface area contributed by atoms with Crippen LogP contribution >= 0.6 is 11.8 Å². The summed E-state index contributed by atoms with van der Waals surface area (Å²) in [6.45, 7) is 6.54. The first kappa shape index (κ1) is 15.1. The van der Waals surface area contributed by atoms with E-state index in [1.165, 1.54) is 38.1 Å². The molecule has 0 aliphatic carbocycles. The Morgan fingerprint density at radius 1 is 1.42 bits per heavy atom. The van der Waals surface area contributed by atoms with Gasteiger partial charge < -0.3 is 15.5 Å². The molecule has 2 aliphatic rings. The Bertz CT molecular complexity index is 276. The molecule has 2 saturated heterocycles. The number of carbonyl (C=O) groups excluding carboxylic acids is 1. The molecule has 110 valence electrons. The average Bonchev–Trinajstić information content (AvgIpc) is 2.40. The number of amides is 1. The average molecular weight is 285 g/mol. The smallest absolute Gasteiger partial charge is 0.221 e. The fraction of sp³-hybridized carbons (Fsp3) is 0.929. The van der Waals surface area contributed by atoms with E-state index in [1.54, 1.807) is 0 Å². The molecule has 19 heavy (non-hydrogen) atoms. The maximum Gasteiger partial charge on any atom is 0.221 e. The molecule has 2 heterocycles. The molecule has 0 aromatic rings. The van der Waals surface area contributed by atoms with Gasteiger partial charge in [-0.25, -0.2) is 0 Å². The zero-order valence-corrected chi connectivity index (χ0v) is 12.8. The zero-order chi connectivity index (χ0) is 13.5. The van der Waals surface area contributed by atoms with E-state index < -0.39 is 0 Å². The number of nitrogens with one attached hydrogen (secondary N) is 2. The monoisotopic (exact) mass is 285 g/mol. The predicted octanol–water partition coefficient (Wildman–Crippen LogP) is 1.07. The molecule has 2 unspecified atom stereocenters. The van der Waals surface area contributed by atoms with Gasteiger partial charge >= 0.3 is 0 Å². The number of rotatable bonds is 5. The van der Waals surface area contributed by atoms with Gasteiger partial charge in [-0.15, -0.1) is 0 Å². The van der Waals surface area contributed by atoms with Crippen molar-refractivity contribution in [3.05, 3.63) is 0 Å². The molecule has 0 saturated carbocycles. The number of nitrogens with zero attached hydrogens (tertiary/aromatic N) is 1. The van der Waals surface area contributed by atoms with Gasteiger partial charge in [-0.2, -0.15) is 11.8 Å². The van der Waals surface area contributed by atoms with Crippen molar-refractivity contribution in [2.24, 2.45) is 0 Å². The van der Waals surface area contributed by atoms with Crippen molar-refractivity contribution in [2.75, 3.05) is 37.7 Å². The van der Waals surface area contributed by atoms with Gasteiger partial charge in [0.25, 0.3) is 0 Å². The molecule has 2 rings (SSSR count). The molecular formula is C14H27N3OS. The molecule has 1 amide bonds. The van der Waals surface area contributed by atoms with Crippen molar-refractivity contribution in [3.63, 3.8) is 0 Å². The van der Waals surface area contributed by atoms with Crippen LogP contribution in [-0.2, 0) is 4.79 Å². The second-order valence-corrected chi connectivity index (χ2v) is 6.91. The van der Waals surface area contributed by atoms with Crippen molar-refractivity contribution < 1.29 is 4.79 Å². The molecule has 0 bridgehead atoms. The summed E-state index contributed by atoms with van der Waals surface area (Å²) in [6.07, 6.45) is 4.60. The molecule has 2 N–H and O–H groups in total. The molecular weight excluding hydrogens is 258 g/mol. The lowest BCUT2D eigenvalue weighted by molar-refractivity contribution is -0.122. The Morgan fingerprint density at radius 2 is 2.21 bits per heavy atom. The molecule has 2 atom stereocenters. The topological polar surface area (TPSA) is 44.4 Å². The highest BCUT2D eigenvalue weighted by atomic mass is 32.2. The van der Waals surface area contributed by atoms with Crippen molar-refractivity contribution in [1.29, 1.82) is 0 Å². The van der Waals surface area contributed by atoms with Crippen molar-refractivity contribution in [2.45, 2.75) is 44.7 Å². The summed E-state index contributed by atoms with van der Waals surface area (Å²) in [7, 11) is 0. The van der Waals surface area contributed by atoms with E-state index in [0.29, 0.717) is 12.5 Å². The summed E-state index contributed by atoms with van der Waals surface area (Å²) in [5.74, 6) is 2.43. The quantitative estimate of drug-likeness (QED) is 0.793. The summed E-state index contributed by atoms with van der Waals surface area (Å²) in [5.41, 5.74) is 0. The number of thioether (sulfide) groups is 1. The molecule has 0 spiro atoms. The Kier molecular flexibility index (Phi) is 6.47. The Balaban J connectivity index is 1.63. The third-order valence-corrected chi connectivity index (χ3v) is 4.95. The second-order valence-electron chi connectivity index (χ2n) is 5.76. The van der Waals surface area contributed by atoms with Crippen LogP contribution < -0.4 is 10.6 Å². The minimum Gasteiger partial charge on any atom is -0.352 e. The van der Waals surface area contributed by atoms with E-state index >= 15 is 0 Å². The number of piperidine rings is 1. The maximum absolute atomic E-state index is 12.0. The lowest BCUT2D eigenvalue weighted by Crippen LogP contribution is -2.46. The summed E-state index contributed by atoms with van der Waals surface area (Å²) >= 11 is 1.94. The lowest BCUT2D eigenvalue weighted by atomic mass is 10.1. The van der Waals surface area contributed by atoms with Crippen LogP contribution in [0.1, 0.15) is 32.6 Å². The van der Waals surface area contributed by atoms with Crippen LogP contribution in [0.5, 0.6) is 0 Å². The zero-order valence-electron chi connectivity index (χ0n) is 12.0. The Morgan fingerprint density at radius 3 is 2.89 bits per heavy atom. The van der Waals surface area contributed by atoms with Crippen molar-refractivity contribution in [3.8, 4) is 0 Å². The molecule has 0 aromatic heterocycles. The first-order valence-corrected chi connectivity index (χ1v) is 8.72. The third kappa shape index (κ3) is 5.71. The highest BCUT2D eigenvalue weighted by Gasteiger charge is 2.19. The van der Waals surface area contributed by atoms with Gasteiger partial charge in [-0.05, 0) is 32.9 Å². The fourth-order valence-electron chi connectivity index (χ4n) is 2.88. The minimum atomic E-state index is 0.199. The van der Waals surface area contributed by atoms with Gasteiger partial charge in [0.1, 0.15) is 0 Å². The Hall–Kier alpha value is -0.260. The fourth-order valence-corrected chi connectivity index (χ4v) is 3.83. The van der Waals surface area contributed by atoms with Gasteiger partial charge in [0.15, 0.2) is 0 Å². The van der Waals surface area contributed by atoms with Crippen LogP contribution in [-0.4, -0.2) is 60.6 Å². The van der Waals surface area contributed by atoms with Crippen LogP contribution in [0.4, 0.5) is 0 Å². The van der Waals surface area contributed by atoms with E-state index in [1.807, 2.05) is 11.8 Å². The number of likely N-dealkylation sites (tertiary alicyclic amines) is 1. The van der Waals surface area contributed by atoms with E-state index in [-0.39, 0.29) is 11.9 Å². The van der Waals surface area contributed by atoms with Crippen LogP contribution in [0.15, 0.2) is 0 Å². The summed E-state index contributed by atoms with van der Waals surface area (Å²) in [6, 6.07) is 0.628. The van der Waals surface area contributed by atoms with E-state index in [4.69, 9.17) is 0 Å². The van der Waals surface area contributed by atoms with Gasteiger partial charge in [0.2, 0.25) is 5.91 Å². The normalized spacial score (nSPS) is 26.9. The largest absolute Gasteiger partial charge is 0.352 e. The lowest BCUT2D eigenvalue weighted by Gasteiger charge is -2.30. The molecule has 4 nitrogen and oxygen atoms in total. The summed E-state index contributed by atoms with van der Waals surface area (Å²) in [4.78, 5) is 14.5. The molecule has 0 aromatic carbocycles. The molecule has 5 heteroatoms. The van der Waals surface area contributed by atoms with Crippen LogP contribution in [0.2, 0.25) is 0 Å². The van der Waals surface area contributed by atoms with Gasteiger partial charge in [-0.1, -0.05) is 6.42 Å². The first-order valence-electron chi connectivity index (χ1n) is 7.57. The highest BCUT2D eigenvalue weighted by Crippen LogP contribution is 2.11. The summed E-state index contributed by atoms with van der Waals surface area (Å²) in [5, 5.41) is 6.56. The molecule has 2 aliphatic heterocycles. The highest BCUT2D eigenvalue weighted by molar-refractivity contribution is 7.99. The number of carbonyl (C=O) groups is 1. The maximum atomic E-state index is 12.0. The third-order valence-electron chi connectivity index (χ3n) is 3.82. The van der Waals surface area contributed by atoms with Gasteiger partial charge in [0.05, 0.1) is 0 Å². The number of hydrogen-bond donors (Lipinski definition) is 2. The Labute approximate surface area is 121 Å². The van der Waals surface area contributed by atoms with E-state index in [2.05, 4.69) is 22.5 Å². The minimum absolute atomic E-state index is 0.199. The SMILES string of the molecule is CC(CN1CCCCC1)NC(=O)CC1CSCCN1. The molecule has 2 fully saturated rings. The van der Waals surface area contributed by atoms with Gasteiger partial charge in [-0.3, -0.25) is 4.79 Å². The predicted molar refractivity (Wildman–Crippen MR) is 81.6 cm³/mol. The summed E-state index contributed by atoms with van der Waals surface area (Å²) < 4.78 is 0. The van der Waals surface area contributed by atoms with Crippen LogP contribution in [0, 0.1) is 0 Å². The van der Waals surface area contributed by atoms with Gasteiger partial charge in [0, 0.05) is 43.1 Å².